The number of sulfone groups is 1. The van der Waals surface area contributed by atoms with Crippen molar-refractivity contribution in [2.75, 3.05) is 16.8 Å². The minimum absolute atomic E-state index is 0.0604. The van der Waals surface area contributed by atoms with Crippen molar-refractivity contribution in [1.29, 1.82) is 0 Å². The third-order valence-electron chi connectivity index (χ3n) is 5.75. The van der Waals surface area contributed by atoms with Gasteiger partial charge in [0, 0.05) is 22.3 Å². The average molecular weight is 445 g/mol. The van der Waals surface area contributed by atoms with E-state index >= 15 is 0 Å². The van der Waals surface area contributed by atoms with E-state index in [0.29, 0.717) is 45.3 Å². The van der Waals surface area contributed by atoms with Crippen molar-refractivity contribution in [2.24, 2.45) is 0 Å². The number of benzene rings is 1. The molecule has 1 atom stereocenters. The summed E-state index contributed by atoms with van der Waals surface area (Å²) in [6, 6.07) is 8.55. The maximum absolute atomic E-state index is 13.2. The zero-order chi connectivity index (χ0) is 21.0. The highest BCUT2D eigenvalue weighted by molar-refractivity contribution is 7.91. The Balaban J connectivity index is 1.60. The van der Waals surface area contributed by atoms with Gasteiger partial charge in [-0.2, -0.15) is 5.10 Å². The Morgan fingerprint density at radius 2 is 1.93 bits per heavy atom. The van der Waals surface area contributed by atoms with Crippen molar-refractivity contribution >= 4 is 44.1 Å². The normalized spacial score (nSPS) is 20.5. The molecular formula is C21H21ClN4O3S. The Kier molecular flexibility index (Phi) is 4.59. The number of aromatic nitrogens is 3. The fourth-order valence-corrected chi connectivity index (χ4v) is 5.87. The van der Waals surface area contributed by atoms with Gasteiger partial charge in [0.15, 0.2) is 15.5 Å². The summed E-state index contributed by atoms with van der Waals surface area (Å²) in [5.74, 6) is 0.315. The quantitative estimate of drug-likeness (QED) is 0.658. The standard InChI is InChI=1S/C21H21ClN4O3S/c1-12-19-17(21(27)23-15-6-4-14(22)5-7-15)10-18(13-2-3-13)24-20(19)26(25-12)16-8-9-30(28,29)11-16/h4-7,10,13,16H,2-3,8-9,11H2,1H3,(H,23,27)/t16-/m0/s1. The van der Waals surface area contributed by atoms with Gasteiger partial charge in [-0.3, -0.25) is 4.79 Å². The first-order valence-corrected chi connectivity index (χ1v) is 12.2. The maximum atomic E-state index is 13.2. The van der Waals surface area contributed by atoms with Crippen LogP contribution < -0.4 is 5.32 Å². The summed E-state index contributed by atoms with van der Waals surface area (Å²) < 4.78 is 25.7. The molecule has 1 saturated heterocycles. The van der Waals surface area contributed by atoms with Gasteiger partial charge in [-0.25, -0.2) is 18.1 Å². The van der Waals surface area contributed by atoms with Gasteiger partial charge in [0.25, 0.3) is 5.91 Å². The summed E-state index contributed by atoms with van der Waals surface area (Å²) in [4.78, 5) is 18.0. The Hall–Kier alpha value is -2.45. The fraction of sp³-hybridized carbons (Fsp3) is 0.381. The summed E-state index contributed by atoms with van der Waals surface area (Å²) in [5.41, 5.74) is 3.30. The zero-order valence-electron chi connectivity index (χ0n) is 16.4. The molecule has 9 heteroatoms. The van der Waals surface area contributed by atoms with Crippen molar-refractivity contribution < 1.29 is 13.2 Å². The summed E-state index contributed by atoms with van der Waals surface area (Å²) in [7, 11) is -3.07. The number of hydrogen-bond donors (Lipinski definition) is 1. The number of pyridine rings is 1. The first kappa shape index (κ1) is 19.5. The number of nitrogens with one attached hydrogen (secondary N) is 1. The van der Waals surface area contributed by atoms with Crippen LogP contribution in [0.5, 0.6) is 0 Å². The number of fused-ring (bicyclic) bond motifs is 1. The Labute approximate surface area is 179 Å². The van der Waals surface area contributed by atoms with E-state index in [0.717, 1.165) is 18.5 Å². The maximum Gasteiger partial charge on any atom is 0.256 e. The molecule has 1 N–H and O–H groups in total. The lowest BCUT2D eigenvalue weighted by atomic mass is 10.1. The predicted molar refractivity (Wildman–Crippen MR) is 116 cm³/mol. The van der Waals surface area contributed by atoms with Crippen LogP contribution in [0.2, 0.25) is 5.02 Å². The van der Waals surface area contributed by atoms with Crippen LogP contribution in [0.3, 0.4) is 0 Å². The second-order valence-electron chi connectivity index (χ2n) is 8.12. The SMILES string of the molecule is Cc1nn([C@H]2CCS(=O)(=O)C2)c2nc(C3CC3)cc(C(=O)Nc3ccc(Cl)cc3)c12. The van der Waals surface area contributed by atoms with Gasteiger partial charge in [0.2, 0.25) is 0 Å². The molecular weight excluding hydrogens is 424 g/mol. The highest BCUT2D eigenvalue weighted by Crippen LogP contribution is 2.41. The monoisotopic (exact) mass is 444 g/mol. The van der Waals surface area contributed by atoms with Crippen LogP contribution in [0, 0.1) is 6.92 Å². The van der Waals surface area contributed by atoms with E-state index in [1.165, 1.54) is 0 Å². The van der Waals surface area contributed by atoms with Crippen molar-refractivity contribution in [3.63, 3.8) is 0 Å². The van der Waals surface area contributed by atoms with Gasteiger partial charge in [0.1, 0.15) is 0 Å². The van der Waals surface area contributed by atoms with Gasteiger partial charge in [-0.1, -0.05) is 11.6 Å². The molecule has 3 heterocycles. The molecule has 0 unspecified atom stereocenters. The van der Waals surface area contributed by atoms with Gasteiger partial charge in [-0.15, -0.1) is 0 Å². The van der Waals surface area contributed by atoms with Crippen LogP contribution in [0.25, 0.3) is 11.0 Å². The third kappa shape index (κ3) is 3.58. The second kappa shape index (κ2) is 7.06. The Morgan fingerprint density at radius 1 is 1.20 bits per heavy atom. The molecule has 7 nitrogen and oxygen atoms in total. The van der Waals surface area contributed by atoms with Crippen molar-refractivity contribution in [2.45, 2.75) is 38.1 Å². The summed E-state index contributed by atoms with van der Waals surface area (Å²) >= 11 is 5.94. The number of rotatable bonds is 4. The first-order valence-electron chi connectivity index (χ1n) is 9.98. The number of anilines is 1. The minimum Gasteiger partial charge on any atom is -0.322 e. The zero-order valence-corrected chi connectivity index (χ0v) is 18.0. The van der Waals surface area contributed by atoms with Crippen LogP contribution in [-0.4, -0.2) is 40.6 Å². The number of nitrogens with zero attached hydrogens (tertiary/aromatic N) is 3. The topological polar surface area (TPSA) is 93.9 Å². The number of amides is 1. The highest BCUT2D eigenvalue weighted by atomic mass is 35.5. The Morgan fingerprint density at radius 3 is 2.57 bits per heavy atom. The molecule has 2 aromatic heterocycles. The van der Waals surface area contributed by atoms with E-state index in [-0.39, 0.29) is 23.5 Å². The lowest BCUT2D eigenvalue weighted by molar-refractivity contribution is 0.102. The number of carbonyl (C=O) groups excluding carboxylic acids is 1. The molecule has 1 aliphatic heterocycles. The predicted octanol–water partition coefficient (Wildman–Crippen LogP) is 3.88. The molecule has 1 amide bonds. The van der Waals surface area contributed by atoms with Gasteiger partial charge >= 0.3 is 0 Å². The van der Waals surface area contributed by atoms with E-state index < -0.39 is 9.84 Å². The van der Waals surface area contributed by atoms with Crippen molar-refractivity contribution in [3.8, 4) is 0 Å². The first-order chi connectivity index (χ1) is 14.3. The lowest BCUT2D eigenvalue weighted by Gasteiger charge is -2.12. The van der Waals surface area contributed by atoms with Crippen molar-refractivity contribution in [1.82, 2.24) is 14.8 Å². The third-order valence-corrected chi connectivity index (χ3v) is 7.76. The largest absolute Gasteiger partial charge is 0.322 e. The molecule has 2 fully saturated rings. The van der Waals surface area contributed by atoms with E-state index in [2.05, 4.69) is 10.4 Å². The van der Waals surface area contributed by atoms with Gasteiger partial charge in [-0.05, 0) is 56.5 Å². The number of aryl methyl sites for hydroxylation is 1. The molecule has 0 radical (unpaired) electrons. The van der Waals surface area contributed by atoms with E-state index in [4.69, 9.17) is 16.6 Å². The van der Waals surface area contributed by atoms with E-state index in [1.807, 2.05) is 13.0 Å². The molecule has 2 aliphatic rings. The lowest BCUT2D eigenvalue weighted by Crippen LogP contribution is -2.15. The number of carbonyl (C=O) groups is 1. The van der Waals surface area contributed by atoms with E-state index in [1.54, 1.807) is 28.9 Å². The highest BCUT2D eigenvalue weighted by Gasteiger charge is 2.34. The van der Waals surface area contributed by atoms with E-state index in [9.17, 15) is 13.2 Å². The molecule has 1 saturated carbocycles. The molecule has 5 rings (SSSR count). The molecule has 30 heavy (non-hydrogen) atoms. The van der Waals surface area contributed by atoms with Crippen LogP contribution in [0.1, 0.15) is 53.0 Å². The molecule has 1 aliphatic carbocycles. The fourth-order valence-electron chi connectivity index (χ4n) is 4.05. The van der Waals surface area contributed by atoms with Crippen LogP contribution in [0.4, 0.5) is 5.69 Å². The summed E-state index contributed by atoms with van der Waals surface area (Å²) in [5, 5.41) is 8.81. The molecule has 0 spiro atoms. The second-order valence-corrected chi connectivity index (χ2v) is 10.8. The number of hydrogen-bond acceptors (Lipinski definition) is 5. The Bertz CT molecular complexity index is 1260. The molecule has 0 bridgehead atoms. The van der Waals surface area contributed by atoms with Crippen LogP contribution >= 0.6 is 11.6 Å². The number of halogens is 1. The van der Waals surface area contributed by atoms with Crippen LogP contribution in [0.15, 0.2) is 30.3 Å². The summed E-state index contributed by atoms with van der Waals surface area (Å²) in [6.45, 7) is 1.83. The molecule has 3 aromatic rings. The van der Waals surface area contributed by atoms with Gasteiger partial charge < -0.3 is 5.32 Å². The van der Waals surface area contributed by atoms with Crippen molar-refractivity contribution in [3.05, 3.63) is 52.3 Å². The summed E-state index contributed by atoms with van der Waals surface area (Å²) in [6.07, 6.45) is 2.60. The molecule has 156 valence electrons. The average Bonchev–Trinajstić information content (AvgIpc) is 3.42. The molecule has 1 aromatic carbocycles. The minimum atomic E-state index is -3.07. The van der Waals surface area contributed by atoms with Crippen LogP contribution in [-0.2, 0) is 9.84 Å². The smallest absolute Gasteiger partial charge is 0.256 e. The van der Waals surface area contributed by atoms with Gasteiger partial charge in [0.05, 0.1) is 34.2 Å².